The minimum absolute atomic E-state index is 0.0824. The van der Waals surface area contributed by atoms with Crippen LogP contribution >= 0.6 is 0 Å². The van der Waals surface area contributed by atoms with Crippen LogP contribution in [0.3, 0.4) is 0 Å². The SMILES string of the molecule is O=C(NCc1nc(C2CCC(F)(F)CC2)no1)c1cc2ccccc2oc1=O. The molecule has 0 saturated heterocycles. The quantitative estimate of drug-likeness (QED) is 0.687. The number of halogens is 2. The van der Waals surface area contributed by atoms with Gasteiger partial charge >= 0.3 is 5.63 Å². The van der Waals surface area contributed by atoms with Crippen LogP contribution in [0.25, 0.3) is 11.0 Å². The van der Waals surface area contributed by atoms with E-state index in [0.717, 1.165) is 0 Å². The average molecular weight is 389 g/mol. The molecule has 7 nitrogen and oxygen atoms in total. The molecule has 4 rings (SSSR count). The molecule has 1 amide bonds. The first kappa shape index (κ1) is 18.3. The number of carbonyl (C=O) groups excluding carboxylic acids is 1. The maximum Gasteiger partial charge on any atom is 0.349 e. The topological polar surface area (TPSA) is 98.2 Å². The van der Waals surface area contributed by atoms with Crippen molar-refractivity contribution in [2.45, 2.75) is 44.1 Å². The Hall–Kier alpha value is -3.10. The predicted molar refractivity (Wildman–Crippen MR) is 94.1 cm³/mol. The monoisotopic (exact) mass is 389 g/mol. The summed E-state index contributed by atoms with van der Waals surface area (Å²) in [5, 5.41) is 7.00. The van der Waals surface area contributed by atoms with Crippen LogP contribution in [-0.2, 0) is 6.54 Å². The number of aromatic nitrogens is 2. The van der Waals surface area contributed by atoms with Crippen molar-refractivity contribution in [3.05, 3.63) is 58.0 Å². The van der Waals surface area contributed by atoms with Gasteiger partial charge in [-0.25, -0.2) is 13.6 Å². The molecule has 2 heterocycles. The third-order valence-electron chi connectivity index (χ3n) is 4.85. The van der Waals surface area contributed by atoms with E-state index in [-0.39, 0.29) is 49.6 Å². The molecule has 1 aromatic carbocycles. The van der Waals surface area contributed by atoms with E-state index in [1.807, 2.05) is 0 Å². The summed E-state index contributed by atoms with van der Waals surface area (Å²) in [4.78, 5) is 28.5. The summed E-state index contributed by atoms with van der Waals surface area (Å²) in [6, 6.07) is 8.32. The third kappa shape index (κ3) is 3.78. The lowest BCUT2D eigenvalue weighted by atomic mass is 9.86. The van der Waals surface area contributed by atoms with Gasteiger partial charge in [-0.15, -0.1) is 0 Å². The van der Waals surface area contributed by atoms with Crippen molar-refractivity contribution < 1.29 is 22.5 Å². The van der Waals surface area contributed by atoms with Crippen LogP contribution in [0.15, 0.2) is 44.1 Å². The molecule has 0 unspecified atom stereocenters. The first-order valence-electron chi connectivity index (χ1n) is 8.93. The van der Waals surface area contributed by atoms with Gasteiger partial charge in [-0.05, 0) is 25.0 Å². The Kier molecular flexibility index (Phi) is 4.66. The molecule has 9 heteroatoms. The first-order valence-corrected chi connectivity index (χ1v) is 8.93. The van der Waals surface area contributed by atoms with E-state index < -0.39 is 17.5 Å². The fourth-order valence-electron chi connectivity index (χ4n) is 3.28. The molecule has 2 aromatic heterocycles. The van der Waals surface area contributed by atoms with Crippen LogP contribution in [0.2, 0.25) is 0 Å². The summed E-state index contributed by atoms with van der Waals surface area (Å²) in [5.41, 5.74) is -0.484. The minimum Gasteiger partial charge on any atom is -0.422 e. The zero-order chi connectivity index (χ0) is 19.7. The van der Waals surface area contributed by atoms with Crippen molar-refractivity contribution in [3.8, 4) is 0 Å². The van der Waals surface area contributed by atoms with Crippen molar-refractivity contribution in [3.63, 3.8) is 0 Å². The maximum atomic E-state index is 13.3. The number of rotatable bonds is 4. The summed E-state index contributed by atoms with van der Waals surface area (Å²) in [6.07, 6.45) is 0.180. The Morgan fingerprint density at radius 3 is 2.79 bits per heavy atom. The number of nitrogens with one attached hydrogen (secondary N) is 1. The van der Waals surface area contributed by atoms with E-state index in [1.165, 1.54) is 6.07 Å². The fraction of sp³-hybridized carbons (Fsp3) is 0.368. The second-order valence-corrected chi connectivity index (χ2v) is 6.84. The van der Waals surface area contributed by atoms with Crippen molar-refractivity contribution >= 4 is 16.9 Å². The van der Waals surface area contributed by atoms with E-state index in [4.69, 9.17) is 8.94 Å². The van der Waals surface area contributed by atoms with Gasteiger partial charge in [0, 0.05) is 24.1 Å². The molecule has 0 radical (unpaired) electrons. The van der Waals surface area contributed by atoms with Gasteiger partial charge in [0.25, 0.3) is 5.91 Å². The standard InChI is InChI=1S/C19H17F2N3O4/c20-19(21)7-5-11(6-8-19)16-23-15(28-24-16)10-22-17(25)13-9-12-3-1-2-4-14(12)27-18(13)26/h1-4,9,11H,5-8,10H2,(H,22,25). The average Bonchev–Trinajstić information content (AvgIpc) is 3.14. The molecule has 1 N–H and O–H groups in total. The molecule has 1 fully saturated rings. The molecule has 0 bridgehead atoms. The highest BCUT2D eigenvalue weighted by Crippen LogP contribution is 2.39. The van der Waals surface area contributed by atoms with Crippen molar-refractivity contribution in [2.75, 3.05) is 0 Å². The number of carbonyl (C=O) groups is 1. The molecule has 1 aliphatic carbocycles. The molecular weight excluding hydrogens is 372 g/mol. The highest BCUT2D eigenvalue weighted by atomic mass is 19.3. The van der Waals surface area contributed by atoms with Crippen LogP contribution in [0, 0.1) is 0 Å². The van der Waals surface area contributed by atoms with Gasteiger partial charge in [0.1, 0.15) is 11.1 Å². The third-order valence-corrected chi connectivity index (χ3v) is 4.85. The predicted octanol–water partition coefficient (Wildman–Crippen LogP) is 3.40. The van der Waals surface area contributed by atoms with Gasteiger partial charge in [-0.3, -0.25) is 4.79 Å². The molecule has 0 atom stereocenters. The number of hydrogen-bond donors (Lipinski definition) is 1. The number of amides is 1. The minimum atomic E-state index is -2.63. The zero-order valence-electron chi connectivity index (χ0n) is 14.8. The van der Waals surface area contributed by atoms with Crippen LogP contribution in [-0.4, -0.2) is 22.0 Å². The van der Waals surface area contributed by atoms with E-state index in [1.54, 1.807) is 24.3 Å². The molecule has 0 spiro atoms. The number of hydrogen-bond acceptors (Lipinski definition) is 6. The van der Waals surface area contributed by atoms with E-state index >= 15 is 0 Å². The van der Waals surface area contributed by atoms with Gasteiger partial charge in [-0.2, -0.15) is 4.98 Å². The number of fused-ring (bicyclic) bond motifs is 1. The Morgan fingerprint density at radius 1 is 1.25 bits per heavy atom. The van der Waals surface area contributed by atoms with Gasteiger partial charge in [0.15, 0.2) is 5.82 Å². The number of nitrogens with zero attached hydrogens (tertiary/aromatic N) is 2. The molecular formula is C19H17F2N3O4. The Morgan fingerprint density at radius 2 is 2.00 bits per heavy atom. The highest BCUT2D eigenvalue weighted by molar-refractivity contribution is 5.96. The summed E-state index contributed by atoms with van der Waals surface area (Å²) in [5.74, 6) is -2.93. The van der Waals surface area contributed by atoms with E-state index in [0.29, 0.717) is 16.8 Å². The van der Waals surface area contributed by atoms with Crippen molar-refractivity contribution in [1.29, 1.82) is 0 Å². The Labute approximate surface area is 157 Å². The Balaban J connectivity index is 1.41. The number of alkyl halides is 2. The number of benzene rings is 1. The van der Waals surface area contributed by atoms with Crippen molar-refractivity contribution in [2.24, 2.45) is 0 Å². The Bertz CT molecular complexity index is 1070. The van der Waals surface area contributed by atoms with Crippen LogP contribution < -0.4 is 10.9 Å². The summed E-state index contributed by atoms with van der Waals surface area (Å²) in [6.45, 7) is -0.0824. The maximum absolute atomic E-state index is 13.3. The molecule has 28 heavy (non-hydrogen) atoms. The lowest BCUT2D eigenvalue weighted by Crippen LogP contribution is -2.28. The molecule has 146 valence electrons. The van der Waals surface area contributed by atoms with Crippen LogP contribution in [0.4, 0.5) is 8.78 Å². The summed E-state index contributed by atoms with van der Waals surface area (Å²) < 4.78 is 36.7. The van der Waals surface area contributed by atoms with E-state index in [9.17, 15) is 18.4 Å². The van der Waals surface area contributed by atoms with Crippen LogP contribution in [0.5, 0.6) is 0 Å². The second kappa shape index (κ2) is 7.14. The second-order valence-electron chi connectivity index (χ2n) is 6.84. The molecule has 1 saturated carbocycles. The fourth-order valence-corrected chi connectivity index (χ4v) is 3.28. The lowest BCUT2D eigenvalue weighted by molar-refractivity contribution is -0.0389. The zero-order valence-corrected chi connectivity index (χ0v) is 14.8. The van der Waals surface area contributed by atoms with E-state index in [2.05, 4.69) is 15.5 Å². The van der Waals surface area contributed by atoms with Gasteiger partial charge in [-0.1, -0.05) is 23.4 Å². The van der Waals surface area contributed by atoms with Gasteiger partial charge < -0.3 is 14.3 Å². The largest absolute Gasteiger partial charge is 0.422 e. The van der Waals surface area contributed by atoms with Gasteiger partial charge in [0.2, 0.25) is 11.8 Å². The molecule has 1 aliphatic rings. The normalized spacial score (nSPS) is 16.9. The van der Waals surface area contributed by atoms with Crippen LogP contribution in [0.1, 0.15) is 53.7 Å². The lowest BCUT2D eigenvalue weighted by Gasteiger charge is -2.26. The summed E-state index contributed by atoms with van der Waals surface area (Å²) in [7, 11) is 0. The highest BCUT2D eigenvalue weighted by Gasteiger charge is 2.37. The summed E-state index contributed by atoms with van der Waals surface area (Å²) >= 11 is 0. The van der Waals surface area contributed by atoms with Gasteiger partial charge in [0.05, 0.1) is 6.54 Å². The van der Waals surface area contributed by atoms with Crippen molar-refractivity contribution in [1.82, 2.24) is 15.5 Å². The first-order chi connectivity index (χ1) is 13.4. The number of para-hydroxylation sites is 1. The molecule has 0 aliphatic heterocycles. The smallest absolute Gasteiger partial charge is 0.349 e. The molecule has 3 aromatic rings.